The number of aryl methyl sites for hydroxylation is 3. The fraction of sp³-hybridized carbons (Fsp3) is 0.524. The van der Waals surface area contributed by atoms with Gasteiger partial charge in [0.25, 0.3) is 5.91 Å². The Morgan fingerprint density at radius 1 is 1.25 bits per heavy atom. The molecule has 0 aliphatic carbocycles. The molecule has 154 valence electrons. The van der Waals surface area contributed by atoms with Crippen LogP contribution in [0.3, 0.4) is 0 Å². The van der Waals surface area contributed by atoms with Crippen molar-refractivity contribution < 1.29 is 19.1 Å². The Hall–Kier alpha value is -1.41. The summed E-state index contributed by atoms with van der Waals surface area (Å²) >= 11 is 6.81. The Bertz CT molecular complexity index is 794. The van der Waals surface area contributed by atoms with Crippen molar-refractivity contribution in [2.24, 2.45) is 0 Å². The first-order valence-electron chi connectivity index (χ1n) is 9.26. The number of rotatable bonds is 6. The van der Waals surface area contributed by atoms with E-state index in [0.717, 1.165) is 28.0 Å². The smallest absolute Gasteiger partial charge is 0.282 e. The highest BCUT2D eigenvalue weighted by atomic mass is 32.2. The van der Waals surface area contributed by atoms with E-state index < -0.39 is 11.8 Å². The third-order valence-electron chi connectivity index (χ3n) is 4.65. The summed E-state index contributed by atoms with van der Waals surface area (Å²) in [6.07, 6.45) is -0.582. The maximum absolute atomic E-state index is 13.5. The molecule has 0 bridgehead atoms. The van der Waals surface area contributed by atoms with E-state index in [1.165, 1.54) is 23.9 Å². The molecule has 1 aliphatic rings. The van der Waals surface area contributed by atoms with Crippen LogP contribution in [0, 0.1) is 20.8 Å². The van der Waals surface area contributed by atoms with Crippen molar-refractivity contribution in [1.29, 1.82) is 0 Å². The molecule has 7 heteroatoms. The van der Waals surface area contributed by atoms with Gasteiger partial charge < -0.3 is 9.47 Å². The van der Waals surface area contributed by atoms with Crippen molar-refractivity contribution in [3.05, 3.63) is 40.1 Å². The first-order chi connectivity index (χ1) is 13.0. The first kappa shape index (κ1) is 22.9. The monoisotopic (exact) mass is 423 g/mol. The van der Waals surface area contributed by atoms with Gasteiger partial charge in [0, 0.05) is 7.11 Å². The molecule has 1 aliphatic heterocycles. The molecule has 28 heavy (non-hydrogen) atoms. The summed E-state index contributed by atoms with van der Waals surface area (Å²) in [5, 5.41) is 1.34. The molecule has 1 aromatic rings. The van der Waals surface area contributed by atoms with Crippen LogP contribution in [0.1, 0.15) is 49.9 Å². The lowest BCUT2D eigenvalue weighted by molar-refractivity contribution is -0.275. The minimum absolute atomic E-state index is 0.261. The van der Waals surface area contributed by atoms with Crippen molar-refractivity contribution in [3.63, 3.8) is 0 Å². The van der Waals surface area contributed by atoms with E-state index in [-0.39, 0.29) is 5.91 Å². The molecule has 2 rings (SSSR count). The van der Waals surface area contributed by atoms with Crippen molar-refractivity contribution in [2.45, 2.75) is 60.3 Å². The van der Waals surface area contributed by atoms with Crippen LogP contribution < -0.4 is 0 Å². The predicted molar refractivity (Wildman–Crippen MR) is 118 cm³/mol. The van der Waals surface area contributed by atoms with Gasteiger partial charge in [0.05, 0.1) is 5.57 Å². The van der Waals surface area contributed by atoms with E-state index in [1.807, 2.05) is 41.5 Å². The number of ether oxygens (including phenoxy) is 2. The number of carbonyl (C=O) groups is 1. The SMILES string of the molecule is CCSC(=S)OC1=C(c2c(C)cc(C)cc2C)C(=O)N(OC(C)OC)C1(C)C. The number of amides is 1. The highest BCUT2D eigenvalue weighted by Gasteiger charge is 2.50. The van der Waals surface area contributed by atoms with Crippen LogP contribution in [-0.2, 0) is 19.1 Å². The molecule has 1 heterocycles. The summed E-state index contributed by atoms with van der Waals surface area (Å²) in [6, 6.07) is 4.13. The maximum atomic E-state index is 13.5. The Balaban J connectivity index is 2.66. The van der Waals surface area contributed by atoms with Crippen molar-refractivity contribution in [1.82, 2.24) is 5.06 Å². The number of hydrogen-bond acceptors (Lipinski definition) is 6. The number of nitrogens with zero attached hydrogens (tertiary/aromatic N) is 1. The number of thiocarbonyl (C=S) groups is 1. The molecule has 0 saturated carbocycles. The van der Waals surface area contributed by atoms with Crippen molar-refractivity contribution in [3.8, 4) is 0 Å². The number of hydrogen-bond donors (Lipinski definition) is 0. The van der Waals surface area contributed by atoms with Gasteiger partial charge in [-0.2, -0.15) is 0 Å². The zero-order valence-electron chi connectivity index (χ0n) is 17.8. The van der Waals surface area contributed by atoms with Crippen molar-refractivity contribution >= 4 is 39.8 Å². The van der Waals surface area contributed by atoms with Crippen LogP contribution in [0.15, 0.2) is 17.9 Å². The zero-order valence-corrected chi connectivity index (χ0v) is 19.5. The quantitative estimate of drug-likeness (QED) is 0.478. The molecule has 0 fully saturated rings. The minimum atomic E-state index is -0.846. The van der Waals surface area contributed by atoms with Gasteiger partial charge in [-0.3, -0.25) is 4.79 Å². The van der Waals surface area contributed by atoms with Gasteiger partial charge in [0.15, 0.2) is 6.29 Å². The molecule has 1 aromatic carbocycles. The normalized spacial score (nSPS) is 17.3. The molecule has 1 atom stereocenters. The molecule has 1 unspecified atom stereocenters. The lowest BCUT2D eigenvalue weighted by atomic mass is 9.91. The van der Waals surface area contributed by atoms with Gasteiger partial charge in [-0.15, -0.1) is 0 Å². The maximum Gasteiger partial charge on any atom is 0.282 e. The molecule has 0 spiro atoms. The third-order valence-corrected chi connectivity index (χ3v) is 5.69. The third kappa shape index (κ3) is 4.43. The molecule has 1 amide bonds. The second-order valence-electron chi connectivity index (χ2n) is 7.33. The first-order valence-corrected chi connectivity index (χ1v) is 10.7. The predicted octanol–water partition coefficient (Wildman–Crippen LogP) is 4.92. The average molecular weight is 424 g/mol. The molecule has 5 nitrogen and oxygen atoms in total. The summed E-state index contributed by atoms with van der Waals surface area (Å²) in [5.74, 6) is 1.03. The Labute approximate surface area is 177 Å². The fourth-order valence-electron chi connectivity index (χ4n) is 3.42. The fourth-order valence-corrected chi connectivity index (χ4v) is 4.24. The summed E-state index contributed by atoms with van der Waals surface area (Å²) in [7, 11) is 1.53. The summed E-state index contributed by atoms with van der Waals surface area (Å²) < 4.78 is 11.7. The zero-order chi connectivity index (χ0) is 21.2. The number of methoxy groups -OCH3 is 1. The van der Waals surface area contributed by atoms with E-state index in [4.69, 9.17) is 26.5 Å². The van der Waals surface area contributed by atoms with Crippen LogP contribution in [0.4, 0.5) is 0 Å². The van der Waals surface area contributed by atoms with Crippen LogP contribution >= 0.6 is 24.0 Å². The summed E-state index contributed by atoms with van der Waals surface area (Å²) in [5.41, 5.74) is 3.66. The van der Waals surface area contributed by atoms with E-state index in [2.05, 4.69) is 12.1 Å². The highest BCUT2D eigenvalue weighted by Crippen LogP contribution is 2.43. The molecular weight excluding hydrogens is 394 g/mol. The average Bonchev–Trinajstić information content (AvgIpc) is 2.76. The largest absolute Gasteiger partial charge is 0.441 e. The van der Waals surface area contributed by atoms with Gasteiger partial charge in [-0.05, 0) is 76.2 Å². The van der Waals surface area contributed by atoms with Crippen LogP contribution in [0.25, 0.3) is 5.57 Å². The molecule has 0 aromatic heterocycles. The molecule has 0 saturated heterocycles. The second-order valence-corrected chi connectivity index (χ2v) is 9.20. The minimum Gasteiger partial charge on any atom is -0.441 e. The van der Waals surface area contributed by atoms with Crippen LogP contribution in [0.2, 0.25) is 0 Å². The highest BCUT2D eigenvalue weighted by molar-refractivity contribution is 8.22. The topological polar surface area (TPSA) is 48.0 Å². The van der Waals surface area contributed by atoms with Gasteiger partial charge in [-0.1, -0.05) is 36.4 Å². The number of thioether (sulfide) groups is 1. The standard InChI is InChI=1S/C21H29NO4S2/c1-9-28-20(27)25-18-17(16-13(3)10-12(2)11-14(16)4)19(23)22(21(18,6)7)26-15(5)24-8/h10-11,15H,9H2,1-8H3. The summed E-state index contributed by atoms with van der Waals surface area (Å²) in [6.45, 7) is 13.5. The summed E-state index contributed by atoms with van der Waals surface area (Å²) in [4.78, 5) is 19.3. The Morgan fingerprint density at radius 2 is 1.82 bits per heavy atom. The molecule has 0 N–H and O–H groups in total. The lowest BCUT2D eigenvalue weighted by Crippen LogP contribution is -2.46. The Kier molecular flexibility index (Phi) is 7.31. The van der Waals surface area contributed by atoms with Gasteiger partial charge >= 0.3 is 0 Å². The van der Waals surface area contributed by atoms with E-state index >= 15 is 0 Å². The molecule has 0 radical (unpaired) electrons. The van der Waals surface area contributed by atoms with Gasteiger partial charge in [-0.25, -0.2) is 9.90 Å². The van der Waals surface area contributed by atoms with Gasteiger partial charge in [0.2, 0.25) is 4.38 Å². The number of carbonyl (C=O) groups excluding carboxylic acids is 1. The molecular formula is C21H29NO4S2. The number of benzene rings is 1. The van der Waals surface area contributed by atoms with Crippen molar-refractivity contribution in [2.75, 3.05) is 12.9 Å². The van der Waals surface area contributed by atoms with Crippen LogP contribution in [-0.4, -0.2) is 40.0 Å². The number of hydroxylamine groups is 2. The second kappa shape index (κ2) is 8.95. The van der Waals surface area contributed by atoms with Crippen LogP contribution in [0.5, 0.6) is 0 Å². The Morgan fingerprint density at radius 3 is 2.32 bits per heavy atom. The van der Waals surface area contributed by atoms with Gasteiger partial charge in [0.1, 0.15) is 11.3 Å². The lowest BCUT2D eigenvalue weighted by Gasteiger charge is -2.33. The van der Waals surface area contributed by atoms with E-state index in [9.17, 15) is 4.79 Å². The van der Waals surface area contributed by atoms with E-state index in [1.54, 1.807) is 6.92 Å². The van der Waals surface area contributed by atoms with E-state index in [0.29, 0.717) is 15.7 Å².